The van der Waals surface area contributed by atoms with Gasteiger partial charge in [0.2, 0.25) is 0 Å². The number of guanidine groups is 1. The lowest BCUT2D eigenvalue weighted by Crippen LogP contribution is -2.37. The van der Waals surface area contributed by atoms with Crippen LogP contribution in [0.1, 0.15) is 43.4 Å². The van der Waals surface area contributed by atoms with Gasteiger partial charge >= 0.3 is 6.09 Å². The fraction of sp³-hybridized carbons (Fsp3) is 0.450. The van der Waals surface area contributed by atoms with E-state index < -0.39 is 6.09 Å². The zero-order valence-electron chi connectivity index (χ0n) is 17.0. The molecule has 1 amide bonds. The third kappa shape index (κ3) is 6.00. The van der Waals surface area contributed by atoms with Crippen molar-refractivity contribution in [2.75, 3.05) is 19.0 Å². The van der Waals surface area contributed by atoms with Crippen LogP contribution in [0.3, 0.4) is 0 Å². The summed E-state index contributed by atoms with van der Waals surface area (Å²) in [5.41, 5.74) is 3.79. The number of benzene rings is 1. The summed E-state index contributed by atoms with van der Waals surface area (Å²) >= 11 is 0. The second kappa shape index (κ2) is 11.0. The van der Waals surface area contributed by atoms with Gasteiger partial charge in [0, 0.05) is 30.8 Å². The molecule has 28 heavy (non-hydrogen) atoms. The molecule has 152 valence electrons. The Hall–Kier alpha value is -3.03. The first kappa shape index (κ1) is 21.3. The number of ether oxygens (including phenoxy) is 1. The molecule has 1 aromatic heterocycles. The largest absolute Gasteiger partial charge is 0.453 e. The van der Waals surface area contributed by atoms with E-state index in [0.29, 0.717) is 18.8 Å². The number of hydrogen-bond acceptors (Lipinski definition) is 5. The molecule has 2 aromatic rings. The van der Waals surface area contributed by atoms with E-state index in [0.717, 1.165) is 47.9 Å². The standard InChI is InChI=1S/C20H29N5O3/c1-5-17-16(18(6-2)28-25-17)13-23-19(21-7-3)22-12-14-8-10-15(11-9-14)24-20(26)27-4/h8-11H,5-7,12-13H2,1-4H3,(H,24,26)(H2,21,22,23). The van der Waals surface area contributed by atoms with E-state index in [9.17, 15) is 4.79 Å². The van der Waals surface area contributed by atoms with Crippen LogP contribution < -0.4 is 16.0 Å². The summed E-state index contributed by atoms with van der Waals surface area (Å²) in [4.78, 5) is 15.9. The summed E-state index contributed by atoms with van der Waals surface area (Å²) < 4.78 is 10.00. The van der Waals surface area contributed by atoms with Crippen molar-refractivity contribution >= 4 is 17.7 Å². The number of nitrogens with zero attached hydrogens (tertiary/aromatic N) is 2. The molecular formula is C20H29N5O3. The normalized spacial score (nSPS) is 11.2. The summed E-state index contributed by atoms with van der Waals surface area (Å²) in [7, 11) is 1.33. The molecule has 0 saturated heterocycles. The zero-order valence-corrected chi connectivity index (χ0v) is 17.0. The average molecular weight is 387 g/mol. The number of hydrogen-bond donors (Lipinski definition) is 3. The Bertz CT molecular complexity index is 762. The Morgan fingerprint density at radius 3 is 2.50 bits per heavy atom. The monoisotopic (exact) mass is 387 g/mol. The molecule has 0 atom stereocenters. The minimum atomic E-state index is -0.490. The van der Waals surface area contributed by atoms with Crippen LogP contribution in [-0.4, -0.2) is 30.9 Å². The number of aliphatic imine (C=N–C) groups is 1. The van der Waals surface area contributed by atoms with E-state index in [-0.39, 0.29) is 0 Å². The van der Waals surface area contributed by atoms with Gasteiger partial charge < -0.3 is 19.9 Å². The van der Waals surface area contributed by atoms with Crippen LogP contribution in [0.25, 0.3) is 0 Å². The molecule has 2 rings (SSSR count). The van der Waals surface area contributed by atoms with Crippen LogP contribution in [0.2, 0.25) is 0 Å². The highest BCUT2D eigenvalue weighted by Crippen LogP contribution is 2.15. The summed E-state index contributed by atoms with van der Waals surface area (Å²) in [6.45, 7) is 8.04. The second-order valence-corrected chi connectivity index (χ2v) is 6.10. The molecule has 0 aliphatic rings. The molecule has 0 fully saturated rings. The average Bonchev–Trinajstić information content (AvgIpc) is 3.13. The molecule has 0 bridgehead atoms. The maximum Gasteiger partial charge on any atom is 0.411 e. The van der Waals surface area contributed by atoms with Gasteiger partial charge in [-0.3, -0.25) is 5.32 Å². The van der Waals surface area contributed by atoms with Crippen molar-refractivity contribution in [1.29, 1.82) is 0 Å². The highest BCUT2D eigenvalue weighted by molar-refractivity contribution is 5.84. The molecule has 0 aliphatic carbocycles. The third-order valence-electron chi connectivity index (χ3n) is 4.19. The number of carbonyl (C=O) groups excluding carboxylic acids is 1. The van der Waals surface area contributed by atoms with Crippen molar-refractivity contribution in [3.05, 3.63) is 46.8 Å². The number of nitrogens with one attached hydrogen (secondary N) is 3. The number of carbonyl (C=O) groups is 1. The van der Waals surface area contributed by atoms with Gasteiger partial charge in [-0.05, 0) is 31.0 Å². The van der Waals surface area contributed by atoms with Gasteiger partial charge in [-0.15, -0.1) is 0 Å². The Morgan fingerprint density at radius 1 is 1.14 bits per heavy atom. The molecule has 3 N–H and O–H groups in total. The van der Waals surface area contributed by atoms with Gasteiger partial charge in [-0.1, -0.05) is 31.1 Å². The zero-order chi connectivity index (χ0) is 20.4. The first-order valence-electron chi connectivity index (χ1n) is 9.53. The van der Waals surface area contributed by atoms with Crippen LogP contribution in [-0.2, 0) is 30.7 Å². The molecule has 8 nitrogen and oxygen atoms in total. The van der Waals surface area contributed by atoms with Gasteiger partial charge in [-0.25, -0.2) is 9.79 Å². The lowest BCUT2D eigenvalue weighted by molar-refractivity contribution is 0.187. The maximum atomic E-state index is 11.2. The van der Waals surface area contributed by atoms with Crippen molar-refractivity contribution in [3.8, 4) is 0 Å². The molecule has 0 radical (unpaired) electrons. The molecule has 1 heterocycles. The van der Waals surface area contributed by atoms with Gasteiger partial charge in [0.15, 0.2) is 5.96 Å². The summed E-state index contributed by atoms with van der Waals surface area (Å²) in [6, 6.07) is 7.48. The van der Waals surface area contributed by atoms with Crippen LogP contribution >= 0.6 is 0 Å². The van der Waals surface area contributed by atoms with Gasteiger partial charge in [0.25, 0.3) is 0 Å². The molecule has 0 spiro atoms. The topological polar surface area (TPSA) is 101 Å². The number of anilines is 1. The van der Waals surface area contributed by atoms with E-state index in [1.807, 2.05) is 31.2 Å². The Labute approximate surface area is 165 Å². The van der Waals surface area contributed by atoms with E-state index in [2.05, 4.69) is 44.7 Å². The molecule has 1 aromatic carbocycles. The van der Waals surface area contributed by atoms with Crippen LogP contribution in [0.15, 0.2) is 33.8 Å². The minimum Gasteiger partial charge on any atom is -0.453 e. The Kier molecular flexibility index (Phi) is 8.33. The SMILES string of the molecule is CCNC(=NCc1ccc(NC(=O)OC)cc1)NCc1c(CC)noc1CC. The Balaban J connectivity index is 2.00. The molecule has 0 unspecified atom stereocenters. The van der Waals surface area contributed by atoms with Crippen molar-refractivity contribution < 1.29 is 14.1 Å². The molecule has 0 aliphatic heterocycles. The Morgan fingerprint density at radius 2 is 1.89 bits per heavy atom. The van der Waals surface area contributed by atoms with Crippen LogP contribution in [0, 0.1) is 0 Å². The maximum absolute atomic E-state index is 11.2. The van der Waals surface area contributed by atoms with E-state index in [1.54, 1.807) is 0 Å². The lowest BCUT2D eigenvalue weighted by atomic mass is 10.1. The predicted molar refractivity (Wildman–Crippen MR) is 109 cm³/mol. The quantitative estimate of drug-likeness (QED) is 0.475. The third-order valence-corrected chi connectivity index (χ3v) is 4.19. The number of aromatic nitrogens is 1. The number of aryl methyl sites for hydroxylation is 2. The molecule has 0 saturated carbocycles. The van der Waals surface area contributed by atoms with Gasteiger partial charge in [0.05, 0.1) is 19.3 Å². The second-order valence-electron chi connectivity index (χ2n) is 6.10. The van der Waals surface area contributed by atoms with Crippen LogP contribution in [0.4, 0.5) is 10.5 Å². The highest BCUT2D eigenvalue weighted by Gasteiger charge is 2.13. The first-order chi connectivity index (χ1) is 13.6. The fourth-order valence-electron chi connectivity index (χ4n) is 2.68. The van der Waals surface area contributed by atoms with E-state index in [1.165, 1.54) is 7.11 Å². The van der Waals surface area contributed by atoms with Crippen molar-refractivity contribution in [1.82, 2.24) is 15.8 Å². The van der Waals surface area contributed by atoms with Crippen molar-refractivity contribution in [2.24, 2.45) is 4.99 Å². The fourth-order valence-corrected chi connectivity index (χ4v) is 2.68. The van der Waals surface area contributed by atoms with Gasteiger partial charge in [0.1, 0.15) is 5.76 Å². The minimum absolute atomic E-state index is 0.490. The van der Waals surface area contributed by atoms with E-state index >= 15 is 0 Å². The number of methoxy groups -OCH3 is 1. The van der Waals surface area contributed by atoms with Crippen molar-refractivity contribution in [3.63, 3.8) is 0 Å². The van der Waals surface area contributed by atoms with E-state index in [4.69, 9.17) is 4.52 Å². The number of rotatable bonds is 8. The molecular weight excluding hydrogens is 358 g/mol. The first-order valence-corrected chi connectivity index (χ1v) is 9.53. The molecule has 8 heteroatoms. The van der Waals surface area contributed by atoms with Gasteiger partial charge in [-0.2, -0.15) is 0 Å². The summed E-state index contributed by atoms with van der Waals surface area (Å²) in [6.07, 6.45) is 1.15. The summed E-state index contributed by atoms with van der Waals surface area (Å²) in [5.74, 6) is 1.64. The number of amides is 1. The predicted octanol–water partition coefficient (Wildman–Crippen LogP) is 3.23. The lowest BCUT2D eigenvalue weighted by Gasteiger charge is -2.12. The van der Waals surface area contributed by atoms with Crippen LogP contribution in [0.5, 0.6) is 0 Å². The van der Waals surface area contributed by atoms with Crippen molar-refractivity contribution in [2.45, 2.75) is 46.7 Å². The summed E-state index contributed by atoms with van der Waals surface area (Å²) in [5, 5.41) is 13.4. The highest BCUT2D eigenvalue weighted by atomic mass is 16.5. The smallest absolute Gasteiger partial charge is 0.411 e.